The Labute approximate surface area is 170 Å². The van der Waals surface area contributed by atoms with Gasteiger partial charge >= 0.3 is 0 Å². The van der Waals surface area contributed by atoms with Gasteiger partial charge in [-0.1, -0.05) is 53.0 Å². The number of benzene rings is 2. The SMILES string of the molecule is O=C(/C=C/c1cc(Cl)ccc1Cl)Nc1ncc(Cc2ccccc2Cl)s1. The third-order valence-electron chi connectivity index (χ3n) is 3.48. The molecule has 1 amide bonds. The van der Waals surface area contributed by atoms with Gasteiger partial charge in [-0.2, -0.15) is 0 Å². The molecule has 3 nitrogen and oxygen atoms in total. The van der Waals surface area contributed by atoms with Crippen molar-refractivity contribution in [2.45, 2.75) is 6.42 Å². The van der Waals surface area contributed by atoms with E-state index in [-0.39, 0.29) is 5.91 Å². The zero-order valence-electron chi connectivity index (χ0n) is 13.4. The van der Waals surface area contributed by atoms with Crippen LogP contribution in [0.15, 0.2) is 54.7 Å². The van der Waals surface area contributed by atoms with Crippen molar-refractivity contribution in [3.8, 4) is 0 Å². The first-order chi connectivity index (χ1) is 12.5. The van der Waals surface area contributed by atoms with E-state index < -0.39 is 0 Å². The van der Waals surface area contributed by atoms with Gasteiger partial charge in [-0.15, -0.1) is 11.3 Å². The molecule has 2 aromatic carbocycles. The summed E-state index contributed by atoms with van der Waals surface area (Å²) in [6.45, 7) is 0. The molecule has 0 unspecified atom stereocenters. The molecule has 0 bridgehead atoms. The van der Waals surface area contributed by atoms with Crippen molar-refractivity contribution < 1.29 is 4.79 Å². The second-order valence-corrected chi connectivity index (χ2v) is 7.75. The average Bonchev–Trinajstić information content (AvgIpc) is 3.04. The zero-order chi connectivity index (χ0) is 18.5. The van der Waals surface area contributed by atoms with Crippen LogP contribution in [0.3, 0.4) is 0 Å². The third kappa shape index (κ3) is 5.08. The van der Waals surface area contributed by atoms with Crippen molar-refractivity contribution in [3.05, 3.63) is 85.8 Å². The number of thiazole rings is 1. The fourth-order valence-corrected chi connectivity index (χ4v) is 3.63. The van der Waals surface area contributed by atoms with Crippen molar-refractivity contribution in [2.24, 2.45) is 0 Å². The highest BCUT2D eigenvalue weighted by Crippen LogP contribution is 2.25. The third-order valence-corrected chi connectivity index (χ3v) is 5.34. The molecule has 132 valence electrons. The Hall–Kier alpha value is -1.85. The highest BCUT2D eigenvalue weighted by Gasteiger charge is 2.07. The molecule has 7 heteroatoms. The first kappa shape index (κ1) is 18.9. The maximum Gasteiger partial charge on any atom is 0.250 e. The smallest absolute Gasteiger partial charge is 0.250 e. The van der Waals surface area contributed by atoms with Crippen LogP contribution in [0, 0.1) is 0 Å². The number of hydrogen-bond acceptors (Lipinski definition) is 3. The van der Waals surface area contributed by atoms with E-state index in [4.69, 9.17) is 34.8 Å². The van der Waals surface area contributed by atoms with Gasteiger partial charge in [0.2, 0.25) is 5.91 Å². The predicted molar refractivity (Wildman–Crippen MR) is 110 cm³/mol. The average molecular weight is 424 g/mol. The number of nitrogens with one attached hydrogen (secondary N) is 1. The lowest BCUT2D eigenvalue weighted by Gasteiger charge is -2.01. The van der Waals surface area contributed by atoms with Gasteiger partial charge in [0.15, 0.2) is 5.13 Å². The number of hydrogen-bond donors (Lipinski definition) is 1. The van der Waals surface area contributed by atoms with Crippen molar-refractivity contribution in [2.75, 3.05) is 5.32 Å². The molecule has 0 aliphatic heterocycles. The summed E-state index contributed by atoms with van der Waals surface area (Å²) in [7, 11) is 0. The minimum Gasteiger partial charge on any atom is -0.298 e. The number of carbonyl (C=O) groups is 1. The number of nitrogens with zero attached hydrogens (tertiary/aromatic N) is 1. The Balaban J connectivity index is 1.63. The summed E-state index contributed by atoms with van der Waals surface area (Å²) in [5, 5.41) is 5.06. The zero-order valence-corrected chi connectivity index (χ0v) is 16.5. The highest BCUT2D eigenvalue weighted by molar-refractivity contribution is 7.15. The van der Waals surface area contributed by atoms with E-state index in [1.54, 1.807) is 30.5 Å². The molecule has 0 saturated heterocycles. The van der Waals surface area contributed by atoms with Gasteiger partial charge in [-0.25, -0.2) is 4.98 Å². The molecule has 0 saturated carbocycles. The van der Waals surface area contributed by atoms with Crippen molar-refractivity contribution in [3.63, 3.8) is 0 Å². The lowest BCUT2D eigenvalue weighted by Crippen LogP contribution is -2.07. The van der Waals surface area contributed by atoms with E-state index in [1.165, 1.54) is 17.4 Å². The van der Waals surface area contributed by atoms with Gasteiger partial charge < -0.3 is 0 Å². The van der Waals surface area contributed by atoms with Crippen LogP contribution < -0.4 is 5.32 Å². The van der Waals surface area contributed by atoms with Crippen LogP contribution in [0.25, 0.3) is 6.08 Å². The first-order valence-corrected chi connectivity index (χ1v) is 9.58. The normalized spacial score (nSPS) is 11.0. The summed E-state index contributed by atoms with van der Waals surface area (Å²) in [5.41, 5.74) is 1.69. The summed E-state index contributed by atoms with van der Waals surface area (Å²) in [4.78, 5) is 17.3. The maximum absolute atomic E-state index is 12.1. The second kappa shape index (κ2) is 8.69. The van der Waals surface area contributed by atoms with Gasteiger partial charge in [0.1, 0.15) is 0 Å². The number of halogens is 3. The number of aromatic nitrogens is 1. The molecule has 0 aliphatic rings. The maximum atomic E-state index is 12.1. The Morgan fingerprint density at radius 1 is 1.12 bits per heavy atom. The first-order valence-electron chi connectivity index (χ1n) is 7.63. The summed E-state index contributed by atoms with van der Waals surface area (Å²) in [6, 6.07) is 12.7. The fourth-order valence-electron chi connectivity index (χ4n) is 2.23. The second-order valence-electron chi connectivity index (χ2n) is 5.39. The van der Waals surface area contributed by atoms with Crippen molar-refractivity contribution >= 4 is 63.3 Å². The summed E-state index contributed by atoms with van der Waals surface area (Å²) in [6.07, 6.45) is 5.41. The van der Waals surface area contributed by atoms with Crippen LogP contribution in [-0.4, -0.2) is 10.9 Å². The molecule has 0 aliphatic carbocycles. The number of carbonyl (C=O) groups excluding carboxylic acids is 1. The quantitative estimate of drug-likeness (QED) is 0.486. The molecule has 1 N–H and O–H groups in total. The van der Waals surface area contributed by atoms with E-state index in [1.807, 2.05) is 24.3 Å². The molecule has 0 fully saturated rings. The van der Waals surface area contributed by atoms with Crippen LogP contribution >= 0.6 is 46.1 Å². The Morgan fingerprint density at radius 2 is 1.92 bits per heavy atom. The molecule has 3 rings (SSSR count). The van der Waals surface area contributed by atoms with Crippen molar-refractivity contribution in [1.29, 1.82) is 0 Å². The number of amides is 1. The van der Waals surface area contributed by atoms with E-state index in [9.17, 15) is 4.79 Å². The van der Waals surface area contributed by atoms with Crippen LogP contribution in [0.4, 0.5) is 5.13 Å². The standard InChI is InChI=1S/C19H13Cl3N2OS/c20-14-6-7-17(22)13(9-14)5-8-18(25)24-19-23-11-15(26-19)10-12-3-1-2-4-16(12)21/h1-9,11H,10H2,(H,23,24,25)/b8-5+. The fraction of sp³-hybridized carbons (Fsp3) is 0.0526. The van der Waals surface area contributed by atoms with Crippen LogP contribution in [0.5, 0.6) is 0 Å². The monoisotopic (exact) mass is 422 g/mol. The summed E-state index contributed by atoms with van der Waals surface area (Å²) < 4.78 is 0. The molecule has 3 aromatic rings. The molecule has 1 heterocycles. The molecule has 26 heavy (non-hydrogen) atoms. The molecule has 1 aromatic heterocycles. The molecular formula is C19H13Cl3N2OS. The lowest BCUT2D eigenvalue weighted by atomic mass is 10.1. The Kier molecular flexibility index (Phi) is 6.33. The topological polar surface area (TPSA) is 42.0 Å². The Morgan fingerprint density at radius 3 is 2.73 bits per heavy atom. The molecule has 0 atom stereocenters. The summed E-state index contributed by atoms with van der Waals surface area (Å²) >= 11 is 19.6. The van der Waals surface area contributed by atoms with Gasteiger partial charge in [0, 0.05) is 38.6 Å². The number of rotatable bonds is 5. The summed E-state index contributed by atoms with van der Waals surface area (Å²) in [5.74, 6) is -0.292. The van der Waals surface area contributed by atoms with E-state index in [0.717, 1.165) is 10.4 Å². The van der Waals surface area contributed by atoms with Gasteiger partial charge in [-0.3, -0.25) is 10.1 Å². The highest BCUT2D eigenvalue weighted by atomic mass is 35.5. The minimum absolute atomic E-state index is 0.292. The molecule has 0 radical (unpaired) electrons. The largest absolute Gasteiger partial charge is 0.298 e. The van der Waals surface area contributed by atoms with Gasteiger partial charge in [0.25, 0.3) is 0 Å². The molecular weight excluding hydrogens is 411 g/mol. The van der Waals surface area contributed by atoms with Crippen molar-refractivity contribution in [1.82, 2.24) is 4.98 Å². The Bertz CT molecular complexity index is 969. The number of anilines is 1. The van der Waals surface area contributed by atoms with Crippen LogP contribution in [0.1, 0.15) is 16.0 Å². The molecule has 0 spiro atoms. The van der Waals surface area contributed by atoms with E-state index >= 15 is 0 Å². The minimum atomic E-state index is -0.292. The van der Waals surface area contributed by atoms with Crippen LogP contribution in [-0.2, 0) is 11.2 Å². The lowest BCUT2D eigenvalue weighted by molar-refractivity contribution is -0.111. The van der Waals surface area contributed by atoms with E-state index in [0.29, 0.717) is 32.2 Å². The van der Waals surface area contributed by atoms with Crippen LogP contribution in [0.2, 0.25) is 15.1 Å². The predicted octanol–water partition coefficient (Wildman–Crippen LogP) is 6.35. The van der Waals surface area contributed by atoms with E-state index in [2.05, 4.69) is 10.3 Å². The van der Waals surface area contributed by atoms with Gasteiger partial charge in [0.05, 0.1) is 0 Å². The van der Waals surface area contributed by atoms with Gasteiger partial charge in [-0.05, 0) is 41.5 Å².